The van der Waals surface area contributed by atoms with E-state index in [0.29, 0.717) is 45.9 Å². The van der Waals surface area contributed by atoms with Crippen LogP contribution in [0.4, 0.5) is 0 Å². The van der Waals surface area contributed by atoms with Gasteiger partial charge in [0.15, 0.2) is 0 Å². The number of nitrogens with zero attached hydrogens (tertiary/aromatic N) is 8. The van der Waals surface area contributed by atoms with Crippen molar-refractivity contribution in [2.24, 2.45) is 0 Å². The molecule has 7 aromatic rings. The summed E-state index contributed by atoms with van der Waals surface area (Å²) in [5.74, 6) is 1.27. The first kappa shape index (κ1) is 29.7. The molecular weight excluding hydrogens is 640 g/mol. The number of benzene rings is 4. The number of hydrogen-bond donors (Lipinski definition) is 1. The van der Waals surface area contributed by atoms with Gasteiger partial charge in [-0.3, -0.25) is 0 Å². The second kappa shape index (κ2) is 11.7. The van der Waals surface area contributed by atoms with Crippen molar-refractivity contribution in [3.8, 4) is 45.6 Å². The first-order chi connectivity index (χ1) is 22.4. The molecule has 11 heteroatoms. The summed E-state index contributed by atoms with van der Waals surface area (Å²) in [6.45, 7) is 4.60. The van der Waals surface area contributed by atoms with Crippen molar-refractivity contribution in [3.05, 3.63) is 109 Å². The fraction of sp³-hybridized carbons (Fsp3) is 0.0278. The summed E-state index contributed by atoms with van der Waals surface area (Å²) in [7, 11) is 0. The maximum atomic E-state index is 9.60. The average Bonchev–Trinajstić information content (AvgIpc) is 3.81. The summed E-state index contributed by atoms with van der Waals surface area (Å²) < 4.78 is 0. The molecule has 1 radical (unpaired) electrons. The molecule has 0 amide bonds. The third-order valence-corrected chi connectivity index (χ3v) is 7.70. The Kier molecular flexibility index (Phi) is 7.40. The summed E-state index contributed by atoms with van der Waals surface area (Å²) >= 11 is 0. The monoisotopic (exact) mass is 661 g/mol. The average molecular weight is 662 g/mol. The van der Waals surface area contributed by atoms with E-state index in [9.17, 15) is 4.79 Å². The van der Waals surface area contributed by atoms with Crippen molar-refractivity contribution in [1.82, 2.24) is 39.9 Å². The van der Waals surface area contributed by atoms with Gasteiger partial charge < -0.3 is 35.0 Å². The SMILES string of the molecule is C=C(C)C(=O)O.[Cu+2].c1ccc2c(c1)-c1nc-2nc2[n-]c(nc3nc(nc4[n-]c(n1)c1ccccc41)-c1ccccc1-3)c1ccccc21. The van der Waals surface area contributed by atoms with Crippen LogP contribution in [0.5, 0.6) is 0 Å². The summed E-state index contributed by atoms with van der Waals surface area (Å²) in [6, 6.07) is 31.8. The summed E-state index contributed by atoms with van der Waals surface area (Å²) in [5, 5.41) is 11.5. The van der Waals surface area contributed by atoms with Crippen molar-refractivity contribution < 1.29 is 27.0 Å². The van der Waals surface area contributed by atoms with Gasteiger partial charge in [-0.05, 0) is 28.5 Å². The van der Waals surface area contributed by atoms with Crippen LogP contribution in [0.2, 0.25) is 0 Å². The van der Waals surface area contributed by atoms with E-state index >= 15 is 0 Å². The molecule has 0 fully saturated rings. The quantitative estimate of drug-likeness (QED) is 0.148. The molecule has 2 aliphatic rings. The van der Waals surface area contributed by atoms with Crippen LogP contribution < -0.4 is 9.97 Å². The van der Waals surface area contributed by atoms with Crippen LogP contribution in [0.1, 0.15) is 6.92 Å². The van der Waals surface area contributed by atoms with Gasteiger partial charge in [0, 0.05) is 50.4 Å². The van der Waals surface area contributed by atoms with Crippen molar-refractivity contribution >= 4 is 50.1 Å². The third-order valence-electron chi connectivity index (χ3n) is 7.70. The number of aromatic nitrogens is 8. The van der Waals surface area contributed by atoms with E-state index in [1.54, 1.807) is 0 Å². The van der Waals surface area contributed by atoms with Crippen molar-refractivity contribution in [2.45, 2.75) is 6.92 Å². The number of hydrogen-bond acceptors (Lipinski definition) is 7. The molecule has 1 N–H and O–H groups in total. The van der Waals surface area contributed by atoms with Crippen LogP contribution in [-0.2, 0) is 21.9 Å². The summed E-state index contributed by atoms with van der Waals surface area (Å²) in [5.41, 5.74) is 5.96. The standard InChI is InChI=1S/C32H16N8.C4H6O2.Cu/c1-2-10-18-17(9-1)25-33-26(18)38-28-21-13-5-6-14-22(21)30(35-28)40-32-24-16-8-7-15-23(24)31(36-32)39-29-20-12-4-3-11-19(20)27(34-29)37-25;1-3(2)4(5)6;/h1-16H;1H2,2H3,(H,5,6);/q-2;;+2. The fourth-order valence-corrected chi connectivity index (χ4v) is 5.46. The van der Waals surface area contributed by atoms with Gasteiger partial charge in [-0.25, -0.2) is 14.8 Å². The number of carboxylic acid groups (broad SMARTS) is 1. The van der Waals surface area contributed by atoms with E-state index in [2.05, 4.69) is 6.58 Å². The number of carbonyl (C=O) groups is 1. The minimum atomic E-state index is -0.935. The predicted octanol–water partition coefficient (Wildman–Crippen LogP) is 6.77. The van der Waals surface area contributed by atoms with Crippen LogP contribution in [0.25, 0.3) is 89.7 Å². The van der Waals surface area contributed by atoms with Crippen molar-refractivity contribution in [2.75, 3.05) is 0 Å². The molecular formula is C36H22CuN8O2. The Morgan fingerprint density at radius 2 is 0.745 bits per heavy atom. The minimum Gasteiger partial charge on any atom is -0.478 e. The Morgan fingerprint density at radius 1 is 0.511 bits per heavy atom. The molecule has 4 aromatic carbocycles. The molecule has 5 heterocycles. The van der Waals surface area contributed by atoms with E-state index in [0.717, 1.165) is 43.8 Å². The Labute approximate surface area is 277 Å². The van der Waals surface area contributed by atoms with Crippen LogP contribution in [0, 0.1) is 0 Å². The van der Waals surface area contributed by atoms with Gasteiger partial charge in [-0.2, -0.15) is 0 Å². The van der Waals surface area contributed by atoms with E-state index in [-0.39, 0.29) is 22.6 Å². The van der Waals surface area contributed by atoms with Gasteiger partial charge in [-0.15, -0.1) is 0 Å². The van der Waals surface area contributed by atoms with E-state index < -0.39 is 5.97 Å². The van der Waals surface area contributed by atoms with Crippen LogP contribution >= 0.6 is 0 Å². The Hall–Kier alpha value is -6.03. The molecule has 0 aliphatic carbocycles. The third kappa shape index (κ3) is 5.13. The van der Waals surface area contributed by atoms with Crippen LogP contribution in [0.3, 0.4) is 0 Å². The van der Waals surface area contributed by atoms with Gasteiger partial charge in [0.1, 0.15) is 0 Å². The topological polar surface area (TPSA) is 143 Å². The molecule has 2 aliphatic heterocycles. The molecule has 0 atom stereocenters. The molecule has 47 heavy (non-hydrogen) atoms. The number of aliphatic carboxylic acids is 1. The molecule has 3 aromatic heterocycles. The van der Waals surface area contributed by atoms with E-state index in [4.69, 9.17) is 45.0 Å². The number of rotatable bonds is 1. The van der Waals surface area contributed by atoms with Crippen LogP contribution in [0.15, 0.2) is 109 Å². The Bertz CT molecular complexity index is 2240. The molecule has 0 saturated carbocycles. The zero-order valence-electron chi connectivity index (χ0n) is 24.7. The minimum absolute atomic E-state index is 0. The first-order valence-corrected chi connectivity index (χ1v) is 14.4. The number of carboxylic acids is 1. The molecule has 8 bridgehead atoms. The molecule has 0 unspecified atom stereocenters. The van der Waals surface area contributed by atoms with Gasteiger partial charge in [0.25, 0.3) is 0 Å². The van der Waals surface area contributed by atoms with E-state index in [1.807, 2.05) is 97.1 Å². The molecule has 9 rings (SSSR count). The molecule has 0 saturated heterocycles. The molecule has 10 nitrogen and oxygen atoms in total. The predicted molar refractivity (Wildman–Crippen MR) is 176 cm³/mol. The van der Waals surface area contributed by atoms with Crippen LogP contribution in [-0.4, -0.2) is 41.0 Å². The van der Waals surface area contributed by atoms with Gasteiger partial charge in [0.05, 0.1) is 23.3 Å². The van der Waals surface area contributed by atoms with Gasteiger partial charge in [0.2, 0.25) is 0 Å². The summed E-state index contributed by atoms with van der Waals surface area (Å²) in [6.07, 6.45) is 0. The molecule has 0 spiro atoms. The Balaban J connectivity index is 0.000000462. The normalized spacial score (nSPS) is 11.2. The van der Waals surface area contributed by atoms with Gasteiger partial charge >= 0.3 is 23.0 Å². The largest absolute Gasteiger partial charge is 2.00 e. The van der Waals surface area contributed by atoms with Gasteiger partial charge in [-0.1, -0.05) is 104 Å². The second-order valence-corrected chi connectivity index (χ2v) is 10.8. The Morgan fingerprint density at radius 3 is 0.979 bits per heavy atom. The summed E-state index contributed by atoms with van der Waals surface area (Å²) in [4.78, 5) is 48.9. The fourth-order valence-electron chi connectivity index (χ4n) is 5.46. The van der Waals surface area contributed by atoms with Crippen molar-refractivity contribution in [3.63, 3.8) is 0 Å². The number of fused-ring (bicyclic) bond motifs is 20. The maximum Gasteiger partial charge on any atom is 2.00 e. The zero-order chi connectivity index (χ0) is 31.4. The maximum absolute atomic E-state index is 9.60. The first-order valence-electron chi connectivity index (χ1n) is 14.4. The smallest absolute Gasteiger partial charge is 0.478 e. The van der Waals surface area contributed by atoms with Crippen molar-refractivity contribution in [1.29, 1.82) is 0 Å². The molecule has 229 valence electrons. The zero-order valence-corrected chi connectivity index (χ0v) is 25.6. The second-order valence-electron chi connectivity index (χ2n) is 10.8. The van der Waals surface area contributed by atoms with E-state index in [1.165, 1.54) is 6.92 Å².